The zero-order valence-corrected chi connectivity index (χ0v) is 21.6. The number of imide groups is 1. The molecule has 40 heavy (non-hydrogen) atoms. The van der Waals surface area contributed by atoms with E-state index in [0.29, 0.717) is 10.5 Å². The summed E-state index contributed by atoms with van der Waals surface area (Å²) in [6, 6.07) is 9.92. The molecule has 3 atom stereocenters. The summed E-state index contributed by atoms with van der Waals surface area (Å²) in [5.74, 6) is -2.06. The number of hydrogen-bond donors (Lipinski definition) is 5. The fourth-order valence-electron chi connectivity index (χ4n) is 4.70. The highest BCUT2D eigenvalue weighted by Crippen LogP contribution is 2.40. The van der Waals surface area contributed by atoms with E-state index in [1.807, 2.05) is 0 Å². The Kier molecular flexibility index (Phi) is 8.34. The van der Waals surface area contributed by atoms with Crippen molar-refractivity contribution in [1.82, 2.24) is 10.2 Å². The van der Waals surface area contributed by atoms with E-state index in [1.165, 1.54) is 48.7 Å². The van der Waals surface area contributed by atoms with Gasteiger partial charge in [-0.3, -0.25) is 24.1 Å². The molecule has 3 rings (SSSR count). The van der Waals surface area contributed by atoms with Crippen LogP contribution >= 0.6 is 0 Å². The van der Waals surface area contributed by atoms with Gasteiger partial charge >= 0.3 is 18.0 Å². The number of hydrogen-bond acceptors (Lipinski definition) is 9. The Labute approximate surface area is 228 Å². The third kappa shape index (κ3) is 4.75. The predicted molar refractivity (Wildman–Crippen MR) is 141 cm³/mol. The van der Waals surface area contributed by atoms with Gasteiger partial charge < -0.3 is 27.1 Å². The molecule has 0 unspecified atom stereocenters. The number of amides is 4. The summed E-state index contributed by atoms with van der Waals surface area (Å²) in [6.07, 6.45) is 0.357. The van der Waals surface area contributed by atoms with E-state index in [4.69, 9.17) is 11.6 Å². The van der Waals surface area contributed by atoms with E-state index >= 15 is 0 Å². The van der Waals surface area contributed by atoms with Crippen LogP contribution in [0, 0.1) is 0 Å². The number of carboxylic acid groups (broad SMARTS) is 2. The Hall–Kier alpha value is -5.11. The van der Waals surface area contributed by atoms with E-state index in [2.05, 4.69) is 10.4 Å². The molecule has 1 heterocycles. The smallest absolute Gasteiger partial charge is 0.360 e. The minimum absolute atomic E-state index is 0.0657. The third-order valence-corrected chi connectivity index (χ3v) is 6.63. The number of aliphatic carboxylic acids is 2. The normalized spacial score (nSPS) is 19.1. The Morgan fingerprint density at radius 3 is 2.17 bits per heavy atom. The van der Waals surface area contributed by atoms with Gasteiger partial charge in [0.15, 0.2) is 5.78 Å². The van der Waals surface area contributed by atoms with Crippen molar-refractivity contribution in [3.05, 3.63) is 65.7 Å². The largest absolute Gasteiger partial charge is 0.481 e. The van der Waals surface area contributed by atoms with E-state index in [0.717, 1.165) is 6.92 Å². The second kappa shape index (κ2) is 11.3. The number of ketones is 1. The van der Waals surface area contributed by atoms with Gasteiger partial charge in [0.25, 0.3) is 11.6 Å². The fourth-order valence-corrected chi connectivity index (χ4v) is 4.70. The number of carboxylic acids is 2. The number of anilines is 1. The average Bonchev–Trinajstić information content (AvgIpc) is 3.17. The summed E-state index contributed by atoms with van der Waals surface area (Å²) in [5.41, 5.74) is 1.36. The van der Waals surface area contributed by atoms with E-state index in [-0.39, 0.29) is 22.6 Å². The lowest BCUT2D eigenvalue weighted by molar-refractivity contribution is -0.162. The quantitative estimate of drug-likeness (QED) is 0.0844. The second-order valence-electron chi connectivity index (χ2n) is 8.98. The summed E-state index contributed by atoms with van der Waals surface area (Å²) in [7, 11) is 0. The zero-order valence-electron chi connectivity index (χ0n) is 21.6. The second-order valence-corrected chi connectivity index (χ2v) is 8.98. The van der Waals surface area contributed by atoms with Crippen molar-refractivity contribution in [2.45, 2.75) is 43.9 Å². The molecule has 1 fully saturated rings. The molecule has 0 radical (unpaired) electrons. The summed E-state index contributed by atoms with van der Waals surface area (Å²) >= 11 is 0. The molecule has 4 amide bonds. The topological polar surface area (TPSA) is 226 Å². The minimum Gasteiger partial charge on any atom is -0.481 e. The zero-order chi connectivity index (χ0) is 29.8. The highest BCUT2D eigenvalue weighted by Gasteiger charge is 2.67. The Morgan fingerprint density at radius 2 is 1.70 bits per heavy atom. The molecule has 1 aliphatic rings. The first-order valence-electron chi connectivity index (χ1n) is 12.0. The average molecular weight is 553 g/mol. The van der Waals surface area contributed by atoms with Crippen LogP contribution in [-0.4, -0.2) is 68.6 Å². The number of Topliss-reactive ketones (excluding diaryl/α,β-unsaturated/α-hetero) is 1. The molecular formula is C26H28N6O8. The van der Waals surface area contributed by atoms with E-state index in [1.54, 1.807) is 19.1 Å². The van der Waals surface area contributed by atoms with Gasteiger partial charge in [0, 0.05) is 5.69 Å². The van der Waals surface area contributed by atoms with Crippen LogP contribution in [0.4, 0.5) is 10.5 Å². The molecule has 14 heteroatoms. The minimum atomic E-state index is -3.27. The summed E-state index contributed by atoms with van der Waals surface area (Å²) in [6.45, 7) is 2.36. The van der Waals surface area contributed by atoms with Crippen LogP contribution < -0.4 is 21.8 Å². The maximum Gasteiger partial charge on any atom is 0.360 e. The lowest BCUT2D eigenvalue weighted by Crippen LogP contribution is -2.74. The van der Waals surface area contributed by atoms with Gasteiger partial charge in [0.05, 0.1) is 18.7 Å². The molecule has 210 valence electrons. The van der Waals surface area contributed by atoms with Crippen molar-refractivity contribution in [2.75, 3.05) is 4.90 Å². The van der Waals surface area contributed by atoms with Gasteiger partial charge in [-0.05, 0) is 36.6 Å². The first-order valence-corrected chi connectivity index (χ1v) is 12.0. The first-order chi connectivity index (χ1) is 18.9. The summed E-state index contributed by atoms with van der Waals surface area (Å²) < 4.78 is 0. The van der Waals surface area contributed by atoms with Crippen LogP contribution in [0.5, 0.6) is 0 Å². The highest BCUT2D eigenvalue weighted by molar-refractivity contribution is 6.24. The van der Waals surface area contributed by atoms with Crippen LogP contribution in [0.2, 0.25) is 0 Å². The molecule has 2 aromatic carbocycles. The first kappa shape index (κ1) is 29.4. The Bertz CT molecular complexity index is 1360. The molecular weight excluding hydrogens is 524 g/mol. The Morgan fingerprint density at radius 1 is 1.10 bits per heavy atom. The molecule has 2 aromatic rings. The molecule has 0 spiro atoms. The number of nitrogens with one attached hydrogen (secondary N) is 1. The van der Waals surface area contributed by atoms with E-state index < -0.39 is 59.2 Å². The standard InChI is InChI=1S/C26H28N6O8/c1-3-25(17-11-9-16(10-12-17)14-29-28)22(37)32(24(40)30-25)26(15(2)33,23(38)39)31(18-7-5-4-6-8-18)21(36)19(27)13-20(34)35/h4-12,14,19H,3,13,27-28H2,1-2H3,(H,30,40)(H,34,35)(H,38,39)/t19-,25+,26-/m0/s1. The molecule has 0 aromatic heterocycles. The van der Waals surface area contributed by atoms with Gasteiger partial charge in [-0.15, -0.1) is 0 Å². The van der Waals surface area contributed by atoms with Gasteiger partial charge in [-0.25, -0.2) is 14.5 Å². The number of benzene rings is 2. The molecule has 7 N–H and O–H groups in total. The molecule has 1 aliphatic heterocycles. The van der Waals surface area contributed by atoms with Crippen LogP contribution in [0.3, 0.4) is 0 Å². The van der Waals surface area contributed by atoms with Crippen molar-refractivity contribution in [2.24, 2.45) is 16.7 Å². The van der Waals surface area contributed by atoms with Gasteiger partial charge in [0.2, 0.25) is 5.91 Å². The highest BCUT2D eigenvalue weighted by atomic mass is 16.4. The van der Waals surface area contributed by atoms with Crippen LogP contribution in [0.1, 0.15) is 37.8 Å². The summed E-state index contributed by atoms with van der Waals surface area (Å²) in [5, 5.41) is 25.7. The van der Waals surface area contributed by atoms with Crippen LogP contribution in [0.15, 0.2) is 59.7 Å². The monoisotopic (exact) mass is 552 g/mol. The third-order valence-electron chi connectivity index (χ3n) is 6.63. The molecule has 0 saturated carbocycles. The molecule has 14 nitrogen and oxygen atoms in total. The van der Waals surface area contributed by atoms with Gasteiger partial charge in [0.1, 0.15) is 5.54 Å². The fraction of sp³-hybridized carbons (Fsp3) is 0.269. The summed E-state index contributed by atoms with van der Waals surface area (Å²) in [4.78, 5) is 79.7. The van der Waals surface area contributed by atoms with E-state index in [9.17, 15) is 39.0 Å². The number of carbonyl (C=O) groups is 6. The van der Waals surface area contributed by atoms with Crippen molar-refractivity contribution in [1.29, 1.82) is 0 Å². The maximum atomic E-state index is 14.2. The number of hydrazone groups is 1. The number of nitrogens with zero attached hydrogens (tertiary/aromatic N) is 3. The van der Waals surface area contributed by atoms with Crippen molar-refractivity contribution in [3.8, 4) is 0 Å². The lowest BCUT2D eigenvalue weighted by Gasteiger charge is -2.43. The SMILES string of the molecule is CC[C@]1(c2ccc(C=NN)cc2)NC(=O)N([C@@](C(C)=O)(C(=O)O)N(C(=O)[C@@H](N)CC(=O)O)c2ccccc2)C1=O. The lowest BCUT2D eigenvalue weighted by atomic mass is 9.85. The molecule has 0 bridgehead atoms. The predicted octanol–water partition coefficient (Wildman–Crippen LogP) is 0.341. The number of nitrogens with two attached hydrogens (primary N) is 2. The van der Waals surface area contributed by atoms with Crippen LogP contribution in [-0.2, 0) is 29.5 Å². The number of urea groups is 1. The number of para-hydroxylation sites is 1. The maximum absolute atomic E-state index is 14.2. The van der Waals surface area contributed by atoms with Crippen molar-refractivity contribution in [3.63, 3.8) is 0 Å². The van der Waals surface area contributed by atoms with Gasteiger partial charge in [-0.2, -0.15) is 5.10 Å². The number of carbonyl (C=O) groups excluding carboxylic acids is 4. The Balaban J connectivity index is 2.30. The van der Waals surface area contributed by atoms with Crippen molar-refractivity contribution >= 4 is 47.5 Å². The molecule has 0 aliphatic carbocycles. The van der Waals surface area contributed by atoms with Crippen LogP contribution in [0.25, 0.3) is 0 Å². The van der Waals surface area contributed by atoms with Gasteiger partial charge in [-0.1, -0.05) is 49.4 Å². The number of rotatable bonds is 11. The molecule has 1 saturated heterocycles. The van der Waals surface area contributed by atoms with Crippen molar-refractivity contribution < 1.29 is 39.0 Å².